The Bertz CT molecular complexity index is 1150. The maximum atomic E-state index is 12.7. The summed E-state index contributed by atoms with van der Waals surface area (Å²) in [6.45, 7) is 2.50. The Labute approximate surface area is 172 Å². The summed E-state index contributed by atoms with van der Waals surface area (Å²) in [7, 11) is 0. The Balaban J connectivity index is 1.83. The summed E-state index contributed by atoms with van der Waals surface area (Å²) in [6, 6.07) is 12.6. The fourth-order valence-corrected chi connectivity index (χ4v) is 2.97. The molecule has 0 spiro atoms. The monoisotopic (exact) mass is 407 g/mol. The fraction of sp³-hybridized carbons (Fsp3) is 0.238. The van der Waals surface area contributed by atoms with Crippen LogP contribution in [0.3, 0.4) is 0 Å². The van der Waals surface area contributed by atoms with Crippen LogP contribution in [0.5, 0.6) is 0 Å². The van der Waals surface area contributed by atoms with Gasteiger partial charge in [-0.3, -0.25) is 19.7 Å². The molecule has 0 saturated heterocycles. The lowest BCUT2D eigenvalue weighted by atomic mass is 10.1. The Morgan fingerprint density at radius 2 is 1.87 bits per heavy atom. The molecule has 30 heavy (non-hydrogen) atoms. The molecule has 0 aliphatic rings. The molecule has 0 atom stereocenters. The van der Waals surface area contributed by atoms with Gasteiger partial charge in [0.2, 0.25) is 0 Å². The lowest BCUT2D eigenvalue weighted by molar-refractivity contribution is -0.384. The molecule has 1 N–H and O–H groups in total. The molecule has 9 nitrogen and oxygen atoms in total. The number of nitrogens with one attached hydrogen (secondary N) is 1. The number of carbonyl (C=O) groups is 1. The van der Waals surface area contributed by atoms with Crippen molar-refractivity contribution in [2.45, 2.75) is 32.7 Å². The predicted molar refractivity (Wildman–Crippen MR) is 114 cm³/mol. The van der Waals surface area contributed by atoms with E-state index in [0.717, 1.165) is 19.3 Å². The minimum Gasteiger partial charge on any atom is -0.267 e. The van der Waals surface area contributed by atoms with E-state index in [2.05, 4.69) is 22.5 Å². The summed E-state index contributed by atoms with van der Waals surface area (Å²) in [5.74, 6) is -0.548. The SMILES string of the molecule is CCCCCn1nc(C(=O)N/N=C\c2ccc([N+](=O)[O-])cc2)c2ccccc2c1=O. The number of hydrogen-bond acceptors (Lipinski definition) is 6. The maximum Gasteiger partial charge on any atom is 0.292 e. The van der Waals surface area contributed by atoms with Crippen molar-refractivity contribution in [1.29, 1.82) is 0 Å². The number of hydrazone groups is 1. The number of amides is 1. The number of nitro groups is 1. The number of rotatable bonds is 8. The summed E-state index contributed by atoms with van der Waals surface area (Å²) < 4.78 is 1.33. The van der Waals surface area contributed by atoms with Crippen molar-refractivity contribution in [3.05, 3.63) is 80.3 Å². The molecule has 0 bridgehead atoms. The van der Waals surface area contributed by atoms with Gasteiger partial charge < -0.3 is 0 Å². The van der Waals surface area contributed by atoms with Crippen LogP contribution >= 0.6 is 0 Å². The lowest BCUT2D eigenvalue weighted by Gasteiger charge is -2.10. The van der Waals surface area contributed by atoms with Crippen molar-refractivity contribution < 1.29 is 9.72 Å². The molecule has 0 radical (unpaired) electrons. The van der Waals surface area contributed by atoms with Gasteiger partial charge in [0.1, 0.15) is 0 Å². The molecule has 1 heterocycles. The van der Waals surface area contributed by atoms with Gasteiger partial charge in [0.15, 0.2) is 5.69 Å². The topological polar surface area (TPSA) is 119 Å². The van der Waals surface area contributed by atoms with Crippen molar-refractivity contribution in [3.63, 3.8) is 0 Å². The third-order valence-corrected chi connectivity index (χ3v) is 4.54. The van der Waals surface area contributed by atoms with Gasteiger partial charge in [0, 0.05) is 24.1 Å². The number of unbranched alkanes of at least 4 members (excludes halogenated alkanes) is 2. The van der Waals surface area contributed by atoms with Crippen molar-refractivity contribution in [3.8, 4) is 0 Å². The van der Waals surface area contributed by atoms with Gasteiger partial charge in [-0.1, -0.05) is 38.0 Å². The van der Waals surface area contributed by atoms with E-state index in [4.69, 9.17) is 0 Å². The number of aromatic nitrogens is 2. The molecule has 0 saturated carbocycles. The molecule has 0 aliphatic heterocycles. The average molecular weight is 407 g/mol. The van der Waals surface area contributed by atoms with E-state index >= 15 is 0 Å². The first-order chi connectivity index (χ1) is 14.5. The van der Waals surface area contributed by atoms with Gasteiger partial charge >= 0.3 is 0 Å². The number of non-ortho nitro benzene ring substituents is 1. The zero-order chi connectivity index (χ0) is 21.5. The van der Waals surface area contributed by atoms with Crippen LogP contribution in [0, 0.1) is 10.1 Å². The molecular formula is C21H21N5O4. The van der Waals surface area contributed by atoms with Crippen LogP contribution in [0.25, 0.3) is 10.8 Å². The second-order valence-corrected chi connectivity index (χ2v) is 6.68. The van der Waals surface area contributed by atoms with Crippen LogP contribution in [0.1, 0.15) is 42.2 Å². The highest BCUT2D eigenvalue weighted by Gasteiger charge is 2.16. The normalized spacial score (nSPS) is 11.1. The number of benzene rings is 2. The number of aryl methyl sites for hydroxylation is 1. The average Bonchev–Trinajstić information content (AvgIpc) is 2.76. The molecule has 0 aliphatic carbocycles. The molecule has 1 amide bonds. The van der Waals surface area contributed by atoms with Crippen molar-refractivity contribution in [2.75, 3.05) is 0 Å². The third-order valence-electron chi connectivity index (χ3n) is 4.54. The summed E-state index contributed by atoms with van der Waals surface area (Å²) in [5, 5.41) is 19.8. The minimum absolute atomic E-state index is 0.0304. The molecule has 0 fully saturated rings. The molecule has 154 valence electrons. The number of nitro benzene ring substituents is 1. The zero-order valence-electron chi connectivity index (χ0n) is 16.4. The maximum absolute atomic E-state index is 12.7. The van der Waals surface area contributed by atoms with Gasteiger partial charge in [0.25, 0.3) is 17.2 Å². The number of hydrogen-bond donors (Lipinski definition) is 1. The van der Waals surface area contributed by atoms with Crippen LogP contribution in [0.4, 0.5) is 5.69 Å². The van der Waals surface area contributed by atoms with Crippen LogP contribution in [0.15, 0.2) is 58.4 Å². The van der Waals surface area contributed by atoms with E-state index in [1.54, 1.807) is 24.3 Å². The molecule has 3 aromatic rings. The molecular weight excluding hydrogens is 386 g/mol. The first-order valence-electron chi connectivity index (χ1n) is 9.59. The Morgan fingerprint density at radius 3 is 2.53 bits per heavy atom. The van der Waals surface area contributed by atoms with Crippen molar-refractivity contribution in [1.82, 2.24) is 15.2 Å². The van der Waals surface area contributed by atoms with Crippen molar-refractivity contribution >= 4 is 28.6 Å². The second-order valence-electron chi connectivity index (χ2n) is 6.68. The summed E-state index contributed by atoms with van der Waals surface area (Å²) in [6.07, 6.45) is 4.14. The van der Waals surface area contributed by atoms with E-state index in [1.165, 1.54) is 35.2 Å². The standard InChI is InChI=1S/C21H21N5O4/c1-2-3-6-13-25-21(28)18-8-5-4-7-17(18)19(24-25)20(27)23-22-14-15-9-11-16(12-10-15)26(29)30/h4-5,7-12,14H,2-3,6,13H2,1H3,(H,23,27)/b22-14-. The first kappa shape index (κ1) is 20.8. The molecule has 0 unspecified atom stereocenters. The molecule has 9 heteroatoms. The van der Waals surface area contributed by atoms with Crippen molar-refractivity contribution in [2.24, 2.45) is 5.10 Å². The van der Waals surface area contributed by atoms with E-state index in [-0.39, 0.29) is 16.9 Å². The minimum atomic E-state index is -0.548. The molecule has 1 aromatic heterocycles. The van der Waals surface area contributed by atoms with E-state index in [9.17, 15) is 19.7 Å². The smallest absolute Gasteiger partial charge is 0.267 e. The van der Waals surface area contributed by atoms with E-state index in [1.807, 2.05) is 0 Å². The number of nitrogens with zero attached hydrogens (tertiary/aromatic N) is 4. The first-order valence-corrected chi connectivity index (χ1v) is 9.59. The Hall–Kier alpha value is -3.88. The fourth-order valence-electron chi connectivity index (χ4n) is 2.97. The molecule has 2 aromatic carbocycles. The number of fused-ring (bicyclic) bond motifs is 1. The van der Waals surface area contributed by atoms with Crippen LogP contribution in [0.2, 0.25) is 0 Å². The van der Waals surface area contributed by atoms with Crippen LogP contribution in [-0.2, 0) is 6.54 Å². The van der Waals surface area contributed by atoms with Crippen LogP contribution in [-0.4, -0.2) is 26.8 Å². The lowest BCUT2D eigenvalue weighted by Crippen LogP contribution is -2.29. The Kier molecular flexibility index (Phi) is 6.63. The summed E-state index contributed by atoms with van der Waals surface area (Å²) in [4.78, 5) is 35.6. The summed E-state index contributed by atoms with van der Waals surface area (Å²) >= 11 is 0. The van der Waals surface area contributed by atoms with Gasteiger partial charge in [-0.05, 0) is 30.2 Å². The van der Waals surface area contributed by atoms with Gasteiger partial charge in [-0.25, -0.2) is 10.1 Å². The molecule has 3 rings (SSSR count). The van der Waals surface area contributed by atoms with Crippen LogP contribution < -0.4 is 11.0 Å². The zero-order valence-corrected chi connectivity index (χ0v) is 16.4. The van der Waals surface area contributed by atoms with Gasteiger partial charge in [-0.15, -0.1) is 0 Å². The van der Waals surface area contributed by atoms with Gasteiger partial charge in [0.05, 0.1) is 16.5 Å². The number of carbonyl (C=O) groups excluding carboxylic acids is 1. The third kappa shape index (κ3) is 4.75. The largest absolute Gasteiger partial charge is 0.292 e. The second kappa shape index (κ2) is 9.55. The Morgan fingerprint density at radius 1 is 1.17 bits per heavy atom. The highest BCUT2D eigenvalue weighted by atomic mass is 16.6. The highest BCUT2D eigenvalue weighted by molar-refractivity contribution is 6.04. The highest BCUT2D eigenvalue weighted by Crippen LogP contribution is 2.14. The van der Waals surface area contributed by atoms with E-state index < -0.39 is 10.8 Å². The van der Waals surface area contributed by atoms with Gasteiger partial charge in [-0.2, -0.15) is 10.2 Å². The summed E-state index contributed by atoms with van der Waals surface area (Å²) in [5.41, 5.74) is 2.85. The quantitative estimate of drug-likeness (QED) is 0.266. The van der Waals surface area contributed by atoms with E-state index in [0.29, 0.717) is 22.9 Å². The predicted octanol–water partition coefficient (Wildman–Crippen LogP) is 3.26.